The molecule has 3 atom stereocenters. The van der Waals surface area contributed by atoms with E-state index in [0.29, 0.717) is 23.3 Å². The quantitative estimate of drug-likeness (QED) is 0.408. The van der Waals surface area contributed by atoms with Crippen molar-refractivity contribution in [3.63, 3.8) is 0 Å². The first kappa shape index (κ1) is 20.8. The van der Waals surface area contributed by atoms with Crippen LogP contribution in [0.25, 0.3) is 5.57 Å². The van der Waals surface area contributed by atoms with Crippen LogP contribution in [0.5, 0.6) is 0 Å². The highest BCUT2D eigenvalue weighted by Crippen LogP contribution is 2.49. The van der Waals surface area contributed by atoms with E-state index in [1.165, 1.54) is 6.20 Å². The van der Waals surface area contributed by atoms with Gasteiger partial charge in [-0.1, -0.05) is 40.2 Å². The van der Waals surface area contributed by atoms with E-state index in [4.69, 9.17) is 0 Å². The molecule has 144 valence electrons. The minimum Gasteiger partial charge on any atom is -0.432 e. The molecule has 0 fully saturated rings. The van der Waals surface area contributed by atoms with Crippen LogP contribution in [-0.2, 0) is 0 Å². The van der Waals surface area contributed by atoms with Crippen molar-refractivity contribution in [2.24, 2.45) is 17.8 Å². The van der Waals surface area contributed by atoms with Crippen LogP contribution >= 0.6 is 0 Å². The van der Waals surface area contributed by atoms with Gasteiger partial charge in [0.2, 0.25) is 0 Å². The Bertz CT molecular complexity index is 695. The molecule has 0 bridgehead atoms. The van der Waals surface area contributed by atoms with Crippen molar-refractivity contribution in [1.29, 1.82) is 0 Å². The molecule has 0 spiro atoms. The number of hydrogen-bond donors (Lipinski definition) is 1. The first-order valence-electron chi connectivity index (χ1n) is 9.49. The van der Waals surface area contributed by atoms with E-state index in [1.807, 2.05) is 13.1 Å². The van der Waals surface area contributed by atoms with E-state index >= 15 is 0 Å². The fourth-order valence-corrected chi connectivity index (χ4v) is 4.86. The maximum Gasteiger partial charge on any atom is 0.294 e. The molecule has 2 rings (SSSR count). The predicted molar refractivity (Wildman–Crippen MR) is 108 cm³/mol. The summed E-state index contributed by atoms with van der Waals surface area (Å²) in [5.41, 5.74) is 1.82. The van der Waals surface area contributed by atoms with Crippen LogP contribution in [0.3, 0.4) is 0 Å². The molecule has 1 aliphatic rings. The van der Waals surface area contributed by atoms with Crippen LogP contribution < -0.4 is 0 Å². The minimum atomic E-state index is -2.31. The fraction of sp³-hybridized carbons (Fsp3) is 0.650. The van der Waals surface area contributed by atoms with Crippen molar-refractivity contribution in [3.05, 3.63) is 40.2 Å². The van der Waals surface area contributed by atoms with Crippen LogP contribution in [0.4, 0.5) is 5.69 Å². The van der Waals surface area contributed by atoms with Gasteiger partial charge in [-0.25, -0.2) is 0 Å². The van der Waals surface area contributed by atoms with Gasteiger partial charge in [-0.05, 0) is 60.4 Å². The third-order valence-electron chi connectivity index (χ3n) is 6.45. The molecule has 0 radical (unpaired) electrons. The Kier molecular flexibility index (Phi) is 6.08. The SMILES string of the molecule is CC[C@H]1[C@@H](CC(C)(C)[Si](C)(C)O)C=C(c2ccncc2[N+](=O)[O-])C[C@@H]1C. The van der Waals surface area contributed by atoms with Gasteiger partial charge in [-0.15, -0.1) is 0 Å². The van der Waals surface area contributed by atoms with E-state index in [2.05, 4.69) is 38.8 Å². The minimum absolute atomic E-state index is 0.0794. The van der Waals surface area contributed by atoms with Gasteiger partial charge in [0.15, 0.2) is 8.32 Å². The van der Waals surface area contributed by atoms with Crippen molar-refractivity contribution < 1.29 is 9.72 Å². The topological polar surface area (TPSA) is 76.3 Å². The van der Waals surface area contributed by atoms with Crippen LogP contribution in [0.2, 0.25) is 18.1 Å². The number of rotatable bonds is 6. The van der Waals surface area contributed by atoms with Gasteiger partial charge in [0.05, 0.1) is 10.5 Å². The molecular formula is C20H32N2O3Si. The fourth-order valence-electron chi connectivity index (χ4n) is 4.13. The zero-order chi connectivity index (χ0) is 19.7. The normalized spacial score (nSPS) is 24.3. The summed E-state index contributed by atoms with van der Waals surface area (Å²) in [7, 11) is -2.31. The summed E-state index contributed by atoms with van der Waals surface area (Å²) >= 11 is 0. The largest absolute Gasteiger partial charge is 0.432 e. The summed E-state index contributed by atoms with van der Waals surface area (Å²) in [6.45, 7) is 12.8. The Morgan fingerprint density at radius 2 is 2.08 bits per heavy atom. The van der Waals surface area contributed by atoms with Gasteiger partial charge < -0.3 is 4.80 Å². The molecule has 0 aromatic carbocycles. The zero-order valence-electron chi connectivity index (χ0n) is 16.8. The van der Waals surface area contributed by atoms with Gasteiger partial charge in [0.1, 0.15) is 6.20 Å². The molecule has 0 aliphatic heterocycles. The van der Waals surface area contributed by atoms with Gasteiger partial charge in [0, 0.05) is 6.20 Å². The Morgan fingerprint density at radius 1 is 1.42 bits per heavy atom. The lowest BCUT2D eigenvalue weighted by Gasteiger charge is -2.42. The Labute approximate surface area is 157 Å². The number of pyridine rings is 1. The monoisotopic (exact) mass is 376 g/mol. The molecule has 6 heteroatoms. The van der Waals surface area contributed by atoms with Crippen molar-refractivity contribution in [2.75, 3.05) is 0 Å². The van der Waals surface area contributed by atoms with E-state index in [9.17, 15) is 14.9 Å². The second-order valence-corrected chi connectivity index (χ2v) is 13.4. The summed E-state index contributed by atoms with van der Waals surface area (Å²) in [6.07, 6.45) is 8.06. The Hall–Kier alpha value is -1.53. The molecule has 1 N–H and O–H groups in total. The number of allylic oxidation sites excluding steroid dienone is 2. The molecule has 26 heavy (non-hydrogen) atoms. The zero-order valence-corrected chi connectivity index (χ0v) is 17.8. The number of nitro groups is 1. The van der Waals surface area contributed by atoms with E-state index in [0.717, 1.165) is 24.8 Å². The van der Waals surface area contributed by atoms with E-state index < -0.39 is 8.32 Å². The van der Waals surface area contributed by atoms with Gasteiger partial charge in [-0.2, -0.15) is 0 Å². The van der Waals surface area contributed by atoms with Crippen LogP contribution in [0, 0.1) is 27.9 Å². The van der Waals surface area contributed by atoms with E-state index in [1.54, 1.807) is 12.3 Å². The molecule has 0 saturated carbocycles. The summed E-state index contributed by atoms with van der Waals surface area (Å²) < 4.78 is 0. The Morgan fingerprint density at radius 3 is 2.62 bits per heavy atom. The summed E-state index contributed by atoms with van der Waals surface area (Å²) in [4.78, 5) is 25.7. The van der Waals surface area contributed by atoms with Crippen LogP contribution in [0.1, 0.15) is 52.5 Å². The van der Waals surface area contributed by atoms with Crippen molar-refractivity contribution >= 4 is 19.6 Å². The highest BCUT2D eigenvalue weighted by molar-refractivity contribution is 6.72. The lowest BCUT2D eigenvalue weighted by Crippen LogP contribution is -2.41. The van der Waals surface area contributed by atoms with Gasteiger partial charge in [0.25, 0.3) is 5.69 Å². The second kappa shape index (κ2) is 7.60. The molecule has 0 saturated heterocycles. The van der Waals surface area contributed by atoms with Gasteiger partial charge >= 0.3 is 0 Å². The molecule has 5 nitrogen and oxygen atoms in total. The van der Waals surface area contributed by atoms with Crippen molar-refractivity contribution in [3.8, 4) is 0 Å². The Balaban J connectivity index is 2.46. The molecular weight excluding hydrogens is 344 g/mol. The second-order valence-electron chi connectivity index (χ2n) is 8.91. The smallest absolute Gasteiger partial charge is 0.294 e. The molecule has 1 aliphatic carbocycles. The number of nitrogens with zero attached hydrogens (tertiary/aromatic N) is 2. The standard InChI is InChI=1S/C20H32N2O3Si/c1-7-17-14(2)10-15(18-8-9-21-13-19(18)22(23)24)11-16(17)12-20(3,4)26(5,6)25/h8-9,11,13-14,16-17,25H,7,10,12H2,1-6H3/t14-,16+,17+/m0/s1. The maximum absolute atomic E-state index is 11.4. The average molecular weight is 377 g/mol. The first-order valence-corrected chi connectivity index (χ1v) is 12.4. The van der Waals surface area contributed by atoms with Crippen molar-refractivity contribution in [2.45, 2.75) is 65.1 Å². The number of hydrogen-bond acceptors (Lipinski definition) is 4. The summed E-state index contributed by atoms with van der Waals surface area (Å²) in [6, 6.07) is 1.76. The molecule has 0 amide bonds. The highest BCUT2D eigenvalue weighted by Gasteiger charge is 2.42. The van der Waals surface area contributed by atoms with Crippen LogP contribution in [-0.4, -0.2) is 23.0 Å². The van der Waals surface area contributed by atoms with Gasteiger partial charge in [-0.3, -0.25) is 15.1 Å². The third kappa shape index (κ3) is 4.23. The lowest BCUT2D eigenvalue weighted by molar-refractivity contribution is -0.385. The van der Waals surface area contributed by atoms with Crippen LogP contribution in [0.15, 0.2) is 24.5 Å². The predicted octanol–water partition coefficient (Wildman–Crippen LogP) is 5.42. The molecule has 0 unspecified atom stereocenters. The highest BCUT2D eigenvalue weighted by atomic mass is 28.4. The molecule has 1 heterocycles. The third-order valence-corrected chi connectivity index (χ3v) is 9.97. The molecule has 1 aromatic heterocycles. The average Bonchev–Trinajstić information content (AvgIpc) is 2.53. The maximum atomic E-state index is 11.4. The van der Waals surface area contributed by atoms with Crippen molar-refractivity contribution in [1.82, 2.24) is 4.98 Å². The molecule has 1 aromatic rings. The number of aromatic nitrogens is 1. The summed E-state index contributed by atoms with van der Waals surface area (Å²) in [5.74, 6) is 1.31. The van der Waals surface area contributed by atoms with E-state index in [-0.39, 0.29) is 15.6 Å². The lowest BCUT2D eigenvalue weighted by atomic mass is 9.69. The summed E-state index contributed by atoms with van der Waals surface area (Å²) in [5, 5.41) is 11.3. The first-order chi connectivity index (χ1) is 12.0.